The van der Waals surface area contributed by atoms with Crippen molar-refractivity contribution in [2.45, 2.75) is 31.4 Å². The summed E-state index contributed by atoms with van der Waals surface area (Å²) in [6.45, 7) is 4.05. The van der Waals surface area contributed by atoms with Crippen molar-refractivity contribution in [3.8, 4) is 5.75 Å². The minimum absolute atomic E-state index is 0.00513. The van der Waals surface area contributed by atoms with E-state index in [1.54, 1.807) is 47.3 Å². The van der Waals surface area contributed by atoms with Crippen LogP contribution in [0.1, 0.15) is 19.4 Å². The highest BCUT2D eigenvalue weighted by Gasteiger charge is 2.30. The molecule has 162 valence electrons. The molecule has 0 fully saturated rings. The molecule has 0 amide bonds. The highest BCUT2D eigenvalue weighted by Crippen LogP contribution is 2.32. The van der Waals surface area contributed by atoms with E-state index >= 15 is 0 Å². The number of pyridine rings is 1. The fourth-order valence-corrected chi connectivity index (χ4v) is 5.02. The largest absolute Gasteiger partial charge is 0.491 e. The topological polar surface area (TPSA) is 102 Å². The zero-order chi connectivity index (χ0) is 22.2. The molecular formula is C22H23N3O5S. The minimum atomic E-state index is -3.68. The highest BCUT2D eigenvalue weighted by atomic mass is 32.2. The summed E-state index contributed by atoms with van der Waals surface area (Å²) < 4.78 is 34.8. The van der Waals surface area contributed by atoms with E-state index in [4.69, 9.17) is 4.74 Å². The Morgan fingerprint density at radius 2 is 1.97 bits per heavy atom. The molecule has 0 radical (unpaired) electrons. The number of ether oxygens (including phenoxy) is 1. The molecule has 0 saturated carbocycles. The van der Waals surface area contributed by atoms with Crippen LogP contribution in [0.3, 0.4) is 0 Å². The first-order valence-corrected chi connectivity index (χ1v) is 11.3. The van der Waals surface area contributed by atoms with Crippen LogP contribution >= 0.6 is 0 Å². The molecule has 0 spiro atoms. The standard InChI is InChI=1S/C22H23N3O5S/c1-15(2)30-17-5-7-18(8-6-17)31(28,29)25-11-9-16(12-25)20-13-24(14-21(26)27)22-19(20)4-3-10-23-22/h3-10,13,15H,11-12,14H2,1-2H3,(H,26,27). The maximum Gasteiger partial charge on any atom is 0.323 e. The van der Waals surface area contributed by atoms with Crippen LogP contribution in [-0.4, -0.2) is 52.5 Å². The molecule has 8 nitrogen and oxygen atoms in total. The van der Waals surface area contributed by atoms with Crippen LogP contribution < -0.4 is 4.74 Å². The zero-order valence-corrected chi connectivity index (χ0v) is 18.0. The van der Waals surface area contributed by atoms with E-state index in [0.717, 1.165) is 16.5 Å². The number of aromatic nitrogens is 2. The van der Waals surface area contributed by atoms with Gasteiger partial charge >= 0.3 is 5.97 Å². The summed E-state index contributed by atoms with van der Waals surface area (Å²) in [4.78, 5) is 15.7. The lowest BCUT2D eigenvalue weighted by molar-refractivity contribution is -0.137. The zero-order valence-electron chi connectivity index (χ0n) is 17.2. The number of nitrogens with zero attached hydrogens (tertiary/aromatic N) is 3. The quantitative estimate of drug-likeness (QED) is 0.605. The van der Waals surface area contributed by atoms with Gasteiger partial charge in [0, 0.05) is 36.4 Å². The van der Waals surface area contributed by atoms with Crippen molar-refractivity contribution >= 4 is 32.6 Å². The van der Waals surface area contributed by atoms with Crippen LogP contribution in [-0.2, 0) is 21.4 Å². The van der Waals surface area contributed by atoms with E-state index < -0.39 is 16.0 Å². The number of hydrogen-bond acceptors (Lipinski definition) is 5. The van der Waals surface area contributed by atoms with Gasteiger partial charge in [0.25, 0.3) is 0 Å². The van der Waals surface area contributed by atoms with Crippen LogP contribution in [0.15, 0.2) is 59.8 Å². The average Bonchev–Trinajstić information content (AvgIpc) is 3.34. The lowest BCUT2D eigenvalue weighted by atomic mass is 10.1. The third-order valence-corrected chi connectivity index (χ3v) is 6.83. The number of aliphatic carboxylic acids is 1. The molecule has 4 rings (SSSR count). The second-order valence-electron chi connectivity index (χ2n) is 7.60. The molecule has 0 atom stereocenters. The van der Waals surface area contributed by atoms with Gasteiger partial charge in [0.05, 0.1) is 11.0 Å². The van der Waals surface area contributed by atoms with Crippen molar-refractivity contribution in [2.75, 3.05) is 13.1 Å². The third-order valence-electron chi connectivity index (χ3n) is 5.01. The molecule has 0 bridgehead atoms. The number of rotatable bonds is 7. The number of carboxylic acids is 1. The molecule has 3 heterocycles. The normalized spacial score (nSPS) is 14.9. The molecule has 1 aliphatic heterocycles. The van der Waals surface area contributed by atoms with Gasteiger partial charge in [0.15, 0.2) is 0 Å². The second-order valence-corrected chi connectivity index (χ2v) is 9.54. The third kappa shape index (κ3) is 4.19. The molecule has 0 saturated heterocycles. The number of carboxylic acid groups (broad SMARTS) is 1. The SMILES string of the molecule is CC(C)Oc1ccc(S(=O)(=O)N2CC=C(c3cn(CC(=O)O)c4ncccc34)C2)cc1. The minimum Gasteiger partial charge on any atom is -0.491 e. The number of carbonyl (C=O) groups is 1. The van der Waals surface area contributed by atoms with Crippen molar-refractivity contribution < 1.29 is 23.1 Å². The molecule has 0 aliphatic carbocycles. The highest BCUT2D eigenvalue weighted by molar-refractivity contribution is 7.89. The monoisotopic (exact) mass is 441 g/mol. The van der Waals surface area contributed by atoms with E-state index in [-0.39, 0.29) is 30.6 Å². The van der Waals surface area contributed by atoms with E-state index in [1.807, 2.05) is 26.0 Å². The number of fused-ring (bicyclic) bond motifs is 1. The molecule has 1 aliphatic rings. The fourth-order valence-electron chi connectivity index (χ4n) is 3.67. The summed E-state index contributed by atoms with van der Waals surface area (Å²) in [6.07, 6.45) is 5.20. The summed E-state index contributed by atoms with van der Waals surface area (Å²) in [6, 6.07) is 10.1. The van der Waals surface area contributed by atoms with E-state index in [0.29, 0.717) is 11.4 Å². The number of sulfonamides is 1. The Morgan fingerprint density at radius 3 is 2.65 bits per heavy atom. The first-order valence-electron chi connectivity index (χ1n) is 9.87. The van der Waals surface area contributed by atoms with Crippen molar-refractivity contribution in [2.24, 2.45) is 0 Å². The van der Waals surface area contributed by atoms with Crippen LogP contribution in [0.4, 0.5) is 0 Å². The van der Waals surface area contributed by atoms with Gasteiger partial charge in [-0.05, 0) is 55.8 Å². The van der Waals surface area contributed by atoms with Gasteiger partial charge in [-0.2, -0.15) is 4.31 Å². The Balaban J connectivity index is 1.58. The molecule has 1 N–H and O–H groups in total. The average molecular weight is 442 g/mol. The Kier molecular flexibility index (Phi) is 5.55. The van der Waals surface area contributed by atoms with Gasteiger partial charge in [-0.25, -0.2) is 13.4 Å². The number of benzene rings is 1. The second kappa shape index (κ2) is 8.16. The lowest BCUT2D eigenvalue weighted by Gasteiger charge is -2.17. The molecule has 0 unspecified atom stereocenters. The van der Waals surface area contributed by atoms with E-state index in [2.05, 4.69) is 4.98 Å². The Hall–Kier alpha value is -3.17. The maximum absolute atomic E-state index is 13.1. The molecule has 31 heavy (non-hydrogen) atoms. The molecule has 3 aromatic rings. The smallest absolute Gasteiger partial charge is 0.323 e. The first kappa shape index (κ1) is 21.1. The summed E-state index contributed by atoms with van der Waals surface area (Å²) in [5.41, 5.74) is 2.18. The first-order chi connectivity index (χ1) is 14.8. The van der Waals surface area contributed by atoms with Gasteiger partial charge < -0.3 is 14.4 Å². The van der Waals surface area contributed by atoms with Crippen LogP contribution in [0.5, 0.6) is 5.75 Å². The number of hydrogen-bond donors (Lipinski definition) is 1. The van der Waals surface area contributed by atoms with E-state index in [1.165, 1.54) is 4.31 Å². The van der Waals surface area contributed by atoms with Crippen LogP contribution in [0.25, 0.3) is 16.6 Å². The summed E-state index contributed by atoms with van der Waals surface area (Å²) in [5.74, 6) is -0.350. The van der Waals surface area contributed by atoms with Gasteiger partial charge in [-0.3, -0.25) is 4.79 Å². The van der Waals surface area contributed by atoms with Crippen molar-refractivity contribution in [1.82, 2.24) is 13.9 Å². The van der Waals surface area contributed by atoms with Crippen molar-refractivity contribution in [3.05, 3.63) is 60.4 Å². The Labute approximate surface area is 180 Å². The molecule has 9 heteroatoms. The van der Waals surface area contributed by atoms with Gasteiger partial charge in [0.1, 0.15) is 17.9 Å². The molecule has 1 aromatic carbocycles. The Morgan fingerprint density at radius 1 is 1.23 bits per heavy atom. The van der Waals surface area contributed by atoms with Crippen molar-refractivity contribution in [3.63, 3.8) is 0 Å². The van der Waals surface area contributed by atoms with Gasteiger partial charge in [-0.15, -0.1) is 0 Å². The predicted octanol–water partition coefficient (Wildman–Crippen LogP) is 3.00. The summed E-state index contributed by atoms with van der Waals surface area (Å²) in [7, 11) is -3.68. The van der Waals surface area contributed by atoms with E-state index in [9.17, 15) is 18.3 Å². The molecule has 2 aromatic heterocycles. The maximum atomic E-state index is 13.1. The van der Waals surface area contributed by atoms with Crippen LogP contribution in [0.2, 0.25) is 0 Å². The van der Waals surface area contributed by atoms with Gasteiger partial charge in [0.2, 0.25) is 10.0 Å². The lowest BCUT2D eigenvalue weighted by Crippen LogP contribution is -2.29. The summed E-state index contributed by atoms with van der Waals surface area (Å²) in [5, 5.41) is 9.98. The van der Waals surface area contributed by atoms with Gasteiger partial charge in [-0.1, -0.05) is 6.08 Å². The van der Waals surface area contributed by atoms with Crippen LogP contribution in [0, 0.1) is 0 Å². The molecular weight excluding hydrogens is 418 g/mol. The Bertz CT molecular complexity index is 1260. The van der Waals surface area contributed by atoms with Crippen molar-refractivity contribution in [1.29, 1.82) is 0 Å². The summed E-state index contributed by atoms with van der Waals surface area (Å²) >= 11 is 0. The fraction of sp³-hybridized carbons (Fsp3) is 0.273. The predicted molar refractivity (Wildman–Crippen MR) is 116 cm³/mol.